The summed E-state index contributed by atoms with van der Waals surface area (Å²) in [5.74, 6) is -0.182. The fourth-order valence-corrected chi connectivity index (χ4v) is 4.89. The van der Waals surface area contributed by atoms with Crippen LogP contribution in [0.5, 0.6) is 0 Å². The summed E-state index contributed by atoms with van der Waals surface area (Å²) in [6.07, 6.45) is 1.88. The zero-order valence-electron chi connectivity index (χ0n) is 16.8. The van der Waals surface area contributed by atoms with Crippen molar-refractivity contribution in [1.82, 2.24) is 5.32 Å². The van der Waals surface area contributed by atoms with Gasteiger partial charge >= 0.3 is 0 Å². The highest BCUT2D eigenvalue weighted by Crippen LogP contribution is 2.46. The molecule has 3 heteroatoms. The maximum absolute atomic E-state index is 13.2. The summed E-state index contributed by atoms with van der Waals surface area (Å²) < 4.78 is 0. The van der Waals surface area contributed by atoms with Crippen molar-refractivity contribution in [3.05, 3.63) is 107 Å². The molecule has 148 valence electrons. The van der Waals surface area contributed by atoms with Gasteiger partial charge in [0.1, 0.15) is 5.41 Å². The van der Waals surface area contributed by atoms with E-state index in [9.17, 15) is 4.79 Å². The summed E-state index contributed by atoms with van der Waals surface area (Å²) in [6, 6.07) is 28.9. The van der Waals surface area contributed by atoms with E-state index in [-0.39, 0.29) is 17.9 Å². The first-order valence-corrected chi connectivity index (χ1v) is 10.4. The summed E-state index contributed by atoms with van der Waals surface area (Å²) >= 11 is 0. The number of hydrogen-bond donors (Lipinski definition) is 2. The van der Waals surface area contributed by atoms with Crippen LogP contribution in [0.2, 0.25) is 0 Å². The Kier molecular flexibility index (Phi) is 5.50. The molecule has 0 heterocycles. The Balaban J connectivity index is 1.73. The van der Waals surface area contributed by atoms with Crippen LogP contribution >= 0.6 is 0 Å². The Morgan fingerprint density at radius 1 is 1.00 bits per heavy atom. The smallest absolute Gasteiger partial charge is 0.232 e. The van der Waals surface area contributed by atoms with Gasteiger partial charge in [-0.25, -0.2) is 0 Å². The van der Waals surface area contributed by atoms with Crippen LogP contribution in [0.25, 0.3) is 0 Å². The molecular weight excluding hydrogens is 356 g/mol. The van der Waals surface area contributed by atoms with Gasteiger partial charge in [0.15, 0.2) is 0 Å². The molecule has 0 saturated carbocycles. The third-order valence-corrected chi connectivity index (χ3v) is 6.40. The first-order valence-electron chi connectivity index (χ1n) is 10.4. The van der Waals surface area contributed by atoms with Crippen LogP contribution in [-0.4, -0.2) is 12.5 Å². The largest absolute Gasteiger partial charge is 0.369 e. The van der Waals surface area contributed by atoms with Crippen molar-refractivity contribution in [3.63, 3.8) is 0 Å². The molecule has 0 bridgehead atoms. The second-order valence-electron chi connectivity index (χ2n) is 7.97. The van der Waals surface area contributed by atoms with E-state index in [1.54, 1.807) is 0 Å². The Morgan fingerprint density at radius 2 is 1.62 bits per heavy atom. The minimum atomic E-state index is -0.820. The topological polar surface area (TPSA) is 55.1 Å². The number of nitrogens with one attached hydrogen (secondary N) is 1. The van der Waals surface area contributed by atoms with Gasteiger partial charge in [0.2, 0.25) is 5.91 Å². The van der Waals surface area contributed by atoms with E-state index in [4.69, 9.17) is 5.73 Å². The lowest BCUT2D eigenvalue weighted by Gasteiger charge is -2.44. The van der Waals surface area contributed by atoms with Gasteiger partial charge in [-0.15, -0.1) is 0 Å². The summed E-state index contributed by atoms with van der Waals surface area (Å²) in [4.78, 5) is 13.2. The molecule has 29 heavy (non-hydrogen) atoms. The van der Waals surface area contributed by atoms with Gasteiger partial charge in [-0.3, -0.25) is 4.79 Å². The number of amides is 1. The third kappa shape index (κ3) is 3.47. The fourth-order valence-electron chi connectivity index (χ4n) is 4.89. The van der Waals surface area contributed by atoms with E-state index in [1.807, 2.05) is 48.5 Å². The zero-order valence-corrected chi connectivity index (χ0v) is 16.8. The number of hydrogen-bond acceptors (Lipinski definition) is 2. The molecule has 0 fully saturated rings. The zero-order chi connectivity index (χ0) is 20.3. The molecule has 0 aliphatic heterocycles. The Hall–Kier alpha value is -2.91. The molecular formula is C26H28N2O. The minimum Gasteiger partial charge on any atom is -0.369 e. The molecule has 0 saturated heterocycles. The number of nitrogens with two attached hydrogens (primary N) is 1. The number of carbonyl (C=O) groups excluding carboxylic acids is 1. The maximum atomic E-state index is 13.2. The van der Waals surface area contributed by atoms with Crippen molar-refractivity contribution in [2.24, 2.45) is 11.7 Å². The number of primary amides is 1. The normalized spacial score (nSPS) is 21.9. The average Bonchev–Trinajstić information content (AvgIpc) is 2.78. The van der Waals surface area contributed by atoms with Gasteiger partial charge in [0.25, 0.3) is 0 Å². The Morgan fingerprint density at radius 3 is 2.31 bits per heavy atom. The lowest BCUT2D eigenvalue weighted by atomic mass is 9.59. The van der Waals surface area contributed by atoms with Crippen LogP contribution in [-0.2, 0) is 16.6 Å². The van der Waals surface area contributed by atoms with E-state index in [0.717, 1.165) is 30.5 Å². The molecule has 1 amide bonds. The lowest BCUT2D eigenvalue weighted by Crippen LogP contribution is -2.53. The van der Waals surface area contributed by atoms with Gasteiger partial charge in [0, 0.05) is 12.6 Å². The van der Waals surface area contributed by atoms with E-state index in [2.05, 4.69) is 48.6 Å². The molecule has 3 aromatic rings. The van der Waals surface area contributed by atoms with Gasteiger partial charge in [-0.05, 0) is 47.9 Å². The van der Waals surface area contributed by atoms with Crippen LogP contribution in [0, 0.1) is 5.92 Å². The molecule has 3 unspecified atom stereocenters. The monoisotopic (exact) mass is 384 g/mol. The first-order chi connectivity index (χ1) is 14.1. The average molecular weight is 385 g/mol. The third-order valence-electron chi connectivity index (χ3n) is 6.40. The summed E-state index contributed by atoms with van der Waals surface area (Å²) in [6.45, 7) is 2.89. The van der Waals surface area contributed by atoms with Crippen molar-refractivity contribution < 1.29 is 4.79 Å². The molecule has 1 aliphatic carbocycles. The number of fused-ring (bicyclic) bond motifs is 1. The van der Waals surface area contributed by atoms with Crippen molar-refractivity contribution >= 4 is 5.91 Å². The molecule has 3 N–H and O–H groups in total. The second-order valence-corrected chi connectivity index (χ2v) is 7.97. The second kappa shape index (κ2) is 8.22. The molecule has 0 spiro atoms. The van der Waals surface area contributed by atoms with Crippen LogP contribution in [0.3, 0.4) is 0 Å². The number of carbonyl (C=O) groups is 1. The predicted molar refractivity (Wildman–Crippen MR) is 118 cm³/mol. The van der Waals surface area contributed by atoms with Crippen molar-refractivity contribution in [2.45, 2.75) is 31.2 Å². The Labute approximate surface area is 173 Å². The van der Waals surface area contributed by atoms with E-state index < -0.39 is 5.41 Å². The van der Waals surface area contributed by atoms with Crippen LogP contribution in [0.1, 0.15) is 41.6 Å². The molecule has 3 atom stereocenters. The van der Waals surface area contributed by atoms with Gasteiger partial charge in [-0.2, -0.15) is 0 Å². The summed E-state index contributed by atoms with van der Waals surface area (Å²) in [5.41, 5.74) is 9.88. The molecule has 0 aromatic heterocycles. The van der Waals surface area contributed by atoms with Gasteiger partial charge in [0.05, 0.1) is 0 Å². The van der Waals surface area contributed by atoms with Gasteiger partial charge < -0.3 is 11.1 Å². The minimum absolute atomic E-state index is 0.0865. The van der Waals surface area contributed by atoms with Crippen LogP contribution < -0.4 is 11.1 Å². The van der Waals surface area contributed by atoms with Crippen molar-refractivity contribution in [2.75, 3.05) is 6.54 Å². The highest BCUT2D eigenvalue weighted by atomic mass is 16.1. The molecule has 1 aliphatic rings. The number of rotatable bonds is 6. The standard InChI is InChI=1S/C26H28N2O/c1-19(20-10-4-2-5-11-20)28-18-23-17-16-21-12-8-9-15-24(21)26(23,25(27)29)22-13-6-3-7-14-22/h2-15,19,23,28H,16-18H2,1H3,(H2,27,29). The first kappa shape index (κ1) is 19.4. The highest BCUT2D eigenvalue weighted by molar-refractivity contribution is 5.92. The number of aryl methyl sites for hydroxylation is 1. The predicted octanol–water partition coefficient (Wildman–Crippen LogP) is 4.37. The maximum Gasteiger partial charge on any atom is 0.232 e. The Bertz CT molecular complexity index is 970. The molecule has 4 rings (SSSR count). The van der Waals surface area contributed by atoms with Gasteiger partial charge in [-0.1, -0.05) is 84.9 Å². The SMILES string of the molecule is CC(NCC1CCc2ccccc2C1(C(N)=O)c1ccccc1)c1ccccc1. The van der Waals surface area contributed by atoms with E-state index in [0.29, 0.717) is 0 Å². The van der Waals surface area contributed by atoms with Crippen molar-refractivity contribution in [3.8, 4) is 0 Å². The van der Waals surface area contributed by atoms with Crippen LogP contribution in [0.4, 0.5) is 0 Å². The summed E-state index contributed by atoms with van der Waals surface area (Å²) in [7, 11) is 0. The molecule has 0 radical (unpaired) electrons. The molecule has 3 nitrogen and oxygen atoms in total. The van der Waals surface area contributed by atoms with Crippen LogP contribution in [0.15, 0.2) is 84.9 Å². The molecule has 3 aromatic carbocycles. The fraction of sp³-hybridized carbons (Fsp3) is 0.269. The quantitative estimate of drug-likeness (QED) is 0.663. The lowest BCUT2D eigenvalue weighted by molar-refractivity contribution is -0.124. The van der Waals surface area contributed by atoms with Crippen molar-refractivity contribution in [1.29, 1.82) is 0 Å². The van der Waals surface area contributed by atoms with E-state index >= 15 is 0 Å². The van der Waals surface area contributed by atoms with E-state index in [1.165, 1.54) is 11.1 Å². The summed E-state index contributed by atoms with van der Waals surface area (Å²) in [5, 5.41) is 3.67. The number of benzene rings is 3. The highest BCUT2D eigenvalue weighted by Gasteiger charge is 2.50.